The maximum absolute atomic E-state index is 12.3. The molecular formula is C21H22N8O. The molecule has 1 amide bonds. The van der Waals surface area contributed by atoms with E-state index in [1.54, 1.807) is 0 Å². The number of piperazine rings is 1. The molecule has 4 aromatic rings. The minimum atomic E-state index is -0.374. The molecule has 152 valence electrons. The van der Waals surface area contributed by atoms with E-state index in [4.69, 9.17) is 4.98 Å². The number of anilines is 2. The summed E-state index contributed by atoms with van der Waals surface area (Å²) in [7, 11) is 2.15. The van der Waals surface area contributed by atoms with Crippen LogP contribution in [0.1, 0.15) is 10.5 Å². The maximum atomic E-state index is 12.3. The van der Waals surface area contributed by atoms with Gasteiger partial charge in [-0.3, -0.25) is 20.6 Å². The summed E-state index contributed by atoms with van der Waals surface area (Å²) < 4.78 is 2.06. The van der Waals surface area contributed by atoms with E-state index in [1.807, 2.05) is 18.3 Å². The van der Waals surface area contributed by atoms with Crippen molar-refractivity contribution in [1.29, 1.82) is 0 Å². The number of benzene rings is 1. The Balaban J connectivity index is 1.46. The Hall–Kier alpha value is -3.72. The Morgan fingerprint density at radius 1 is 1.07 bits per heavy atom. The lowest BCUT2D eigenvalue weighted by Gasteiger charge is -2.34. The van der Waals surface area contributed by atoms with Crippen molar-refractivity contribution in [2.24, 2.45) is 0 Å². The Morgan fingerprint density at radius 3 is 2.73 bits per heavy atom. The molecule has 1 saturated heterocycles. The van der Waals surface area contributed by atoms with Crippen molar-refractivity contribution in [2.75, 3.05) is 43.6 Å². The number of amides is 1. The van der Waals surface area contributed by atoms with Crippen molar-refractivity contribution in [1.82, 2.24) is 29.7 Å². The van der Waals surface area contributed by atoms with Crippen molar-refractivity contribution in [2.45, 2.75) is 0 Å². The van der Waals surface area contributed by atoms with Crippen LogP contribution >= 0.6 is 0 Å². The van der Waals surface area contributed by atoms with Gasteiger partial charge in [-0.25, -0.2) is 9.97 Å². The van der Waals surface area contributed by atoms with E-state index in [1.165, 1.54) is 18.6 Å². The first-order valence-electron chi connectivity index (χ1n) is 9.86. The van der Waals surface area contributed by atoms with Crippen molar-refractivity contribution in [3.63, 3.8) is 0 Å². The van der Waals surface area contributed by atoms with Gasteiger partial charge in [0.15, 0.2) is 5.82 Å². The molecule has 0 bridgehead atoms. The number of rotatable bonds is 4. The van der Waals surface area contributed by atoms with Crippen LogP contribution in [0.25, 0.3) is 16.6 Å². The SMILES string of the molecule is CN1CCN(c2ccc3c(c2)nc(NNC(=O)c2cnccn2)c2cccn23)CC1. The van der Waals surface area contributed by atoms with Crippen LogP contribution in [0.15, 0.2) is 55.1 Å². The highest BCUT2D eigenvalue weighted by molar-refractivity contribution is 5.93. The molecule has 2 N–H and O–H groups in total. The lowest BCUT2D eigenvalue weighted by atomic mass is 10.2. The summed E-state index contributed by atoms with van der Waals surface area (Å²) in [6.45, 7) is 4.08. The molecular weight excluding hydrogens is 380 g/mol. The van der Waals surface area contributed by atoms with Gasteiger partial charge in [-0.2, -0.15) is 0 Å². The number of aromatic nitrogens is 4. The number of nitrogens with one attached hydrogen (secondary N) is 2. The summed E-state index contributed by atoms with van der Waals surface area (Å²) in [5, 5.41) is 0. The van der Waals surface area contributed by atoms with Crippen LogP contribution in [-0.4, -0.2) is 63.4 Å². The largest absolute Gasteiger partial charge is 0.369 e. The zero-order chi connectivity index (χ0) is 20.5. The topological polar surface area (TPSA) is 90.7 Å². The first kappa shape index (κ1) is 18.3. The van der Waals surface area contributed by atoms with Gasteiger partial charge in [-0.05, 0) is 37.4 Å². The van der Waals surface area contributed by atoms with E-state index < -0.39 is 0 Å². The van der Waals surface area contributed by atoms with Crippen LogP contribution in [0.2, 0.25) is 0 Å². The van der Waals surface area contributed by atoms with Crippen LogP contribution in [0, 0.1) is 0 Å². The quantitative estimate of drug-likeness (QED) is 0.503. The summed E-state index contributed by atoms with van der Waals surface area (Å²) in [6, 6.07) is 10.3. The van der Waals surface area contributed by atoms with Gasteiger partial charge in [0.05, 0.1) is 22.7 Å². The Morgan fingerprint density at radius 2 is 1.93 bits per heavy atom. The molecule has 0 aliphatic carbocycles. The van der Waals surface area contributed by atoms with Gasteiger partial charge in [-0.15, -0.1) is 0 Å². The van der Waals surface area contributed by atoms with E-state index >= 15 is 0 Å². The summed E-state index contributed by atoms with van der Waals surface area (Å²) in [4.78, 5) is 29.8. The molecule has 0 spiro atoms. The molecule has 1 fully saturated rings. The summed E-state index contributed by atoms with van der Waals surface area (Å²) in [5.74, 6) is 0.196. The molecule has 9 nitrogen and oxygen atoms in total. The number of carbonyl (C=O) groups is 1. The lowest BCUT2D eigenvalue weighted by Crippen LogP contribution is -2.44. The smallest absolute Gasteiger partial charge is 0.289 e. The molecule has 9 heteroatoms. The minimum Gasteiger partial charge on any atom is -0.369 e. The normalized spacial score (nSPS) is 14.9. The number of fused-ring (bicyclic) bond motifs is 3. The predicted octanol–water partition coefficient (Wildman–Crippen LogP) is 1.79. The van der Waals surface area contributed by atoms with Crippen molar-refractivity contribution in [3.05, 3.63) is 60.8 Å². The zero-order valence-electron chi connectivity index (χ0n) is 16.6. The van der Waals surface area contributed by atoms with Crippen molar-refractivity contribution >= 4 is 34.0 Å². The number of likely N-dealkylation sites (N-methyl/N-ethyl adjacent to an activating group) is 1. The first-order chi connectivity index (χ1) is 14.7. The molecule has 3 aromatic heterocycles. The zero-order valence-corrected chi connectivity index (χ0v) is 16.6. The van der Waals surface area contributed by atoms with E-state index in [2.05, 4.69) is 60.3 Å². The summed E-state index contributed by atoms with van der Waals surface area (Å²) >= 11 is 0. The fourth-order valence-corrected chi connectivity index (χ4v) is 3.72. The minimum absolute atomic E-state index is 0.231. The van der Waals surface area contributed by atoms with Gasteiger partial charge in [0.25, 0.3) is 5.91 Å². The highest BCUT2D eigenvalue weighted by Gasteiger charge is 2.16. The molecule has 5 rings (SSSR count). The third-order valence-corrected chi connectivity index (χ3v) is 5.40. The molecule has 1 aliphatic rings. The average molecular weight is 402 g/mol. The number of hydrazine groups is 1. The van der Waals surface area contributed by atoms with Crippen LogP contribution in [0.5, 0.6) is 0 Å². The van der Waals surface area contributed by atoms with E-state index in [0.717, 1.165) is 48.4 Å². The highest BCUT2D eigenvalue weighted by atomic mass is 16.2. The number of carbonyl (C=O) groups excluding carboxylic acids is 1. The van der Waals surface area contributed by atoms with Gasteiger partial charge >= 0.3 is 0 Å². The highest BCUT2D eigenvalue weighted by Crippen LogP contribution is 2.26. The lowest BCUT2D eigenvalue weighted by molar-refractivity contribution is 0.0957. The Kier molecular flexibility index (Phi) is 4.64. The number of hydrogen-bond donors (Lipinski definition) is 2. The maximum Gasteiger partial charge on any atom is 0.289 e. The van der Waals surface area contributed by atoms with Gasteiger partial charge in [0.2, 0.25) is 0 Å². The number of hydrogen-bond acceptors (Lipinski definition) is 7. The average Bonchev–Trinajstić information content (AvgIpc) is 3.28. The summed E-state index contributed by atoms with van der Waals surface area (Å²) in [6.07, 6.45) is 6.41. The molecule has 4 heterocycles. The summed E-state index contributed by atoms with van der Waals surface area (Å²) in [5.41, 5.74) is 9.73. The second-order valence-electron chi connectivity index (χ2n) is 7.36. The molecule has 0 atom stereocenters. The van der Waals surface area contributed by atoms with E-state index in [0.29, 0.717) is 5.82 Å². The third-order valence-electron chi connectivity index (χ3n) is 5.40. The Bertz CT molecular complexity index is 1200. The van der Waals surface area contributed by atoms with Crippen LogP contribution in [-0.2, 0) is 0 Å². The van der Waals surface area contributed by atoms with Gasteiger partial charge in [0.1, 0.15) is 5.69 Å². The molecule has 0 radical (unpaired) electrons. The fourth-order valence-electron chi connectivity index (χ4n) is 3.72. The van der Waals surface area contributed by atoms with Crippen molar-refractivity contribution in [3.8, 4) is 0 Å². The Labute approximate surface area is 173 Å². The second kappa shape index (κ2) is 7.60. The van der Waals surface area contributed by atoms with E-state index in [-0.39, 0.29) is 11.6 Å². The molecule has 30 heavy (non-hydrogen) atoms. The van der Waals surface area contributed by atoms with Crippen LogP contribution in [0.4, 0.5) is 11.5 Å². The van der Waals surface area contributed by atoms with Gasteiger partial charge in [-0.1, -0.05) is 0 Å². The molecule has 1 aliphatic heterocycles. The first-order valence-corrected chi connectivity index (χ1v) is 9.86. The fraction of sp³-hybridized carbons (Fsp3) is 0.238. The van der Waals surface area contributed by atoms with Crippen LogP contribution < -0.4 is 15.8 Å². The number of nitrogens with zero attached hydrogens (tertiary/aromatic N) is 6. The van der Waals surface area contributed by atoms with E-state index in [9.17, 15) is 4.79 Å². The molecule has 0 saturated carbocycles. The third kappa shape index (κ3) is 3.39. The monoisotopic (exact) mass is 402 g/mol. The molecule has 1 aromatic carbocycles. The second-order valence-corrected chi connectivity index (χ2v) is 7.36. The van der Waals surface area contributed by atoms with Crippen LogP contribution in [0.3, 0.4) is 0 Å². The standard InChI is InChI=1S/C21H22N8O/c1-27-9-11-28(12-10-27)15-4-5-18-16(13-15)24-20(19-3-2-8-29(18)19)25-26-21(30)17-14-22-6-7-23-17/h2-8,13-14H,9-12H2,1H3,(H,24,25)(H,26,30). The molecule has 0 unspecified atom stereocenters. The predicted molar refractivity (Wildman–Crippen MR) is 116 cm³/mol. The van der Waals surface area contributed by atoms with Gasteiger partial charge in [0, 0.05) is 50.5 Å². The van der Waals surface area contributed by atoms with Crippen molar-refractivity contribution < 1.29 is 4.79 Å². The van der Waals surface area contributed by atoms with Gasteiger partial charge < -0.3 is 14.2 Å².